The minimum absolute atomic E-state index is 0.0561. The van der Waals surface area contributed by atoms with Crippen LogP contribution in [0.15, 0.2) is 46.9 Å². The zero-order valence-corrected chi connectivity index (χ0v) is 21.5. The highest BCUT2D eigenvalue weighted by Crippen LogP contribution is 2.47. The van der Waals surface area contributed by atoms with Gasteiger partial charge in [0.2, 0.25) is 5.89 Å². The van der Waals surface area contributed by atoms with Crippen LogP contribution in [-0.4, -0.2) is 33.6 Å². The van der Waals surface area contributed by atoms with E-state index < -0.39 is 6.09 Å². The SMILES string of the molecule is CCOc1ccc2c(-c3nnc(C)o3)c(-c3ccc(NC(=O)OC(C)C4CC4)cc3)n(C3CCC3)c2c1. The molecular formula is C29H32N4O4. The van der Waals surface area contributed by atoms with Gasteiger partial charge in [-0.2, -0.15) is 0 Å². The number of rotatable bonds is 8. The molecule has 2 aliphatic carbocycles. The maximum atomic E-state index is 12.4. The summed E-state index contributed by atoms with van der Waals surface area (Å²) < 4.78 is 19.7. The van der Waals surface area contributed by atoms with Gasteiger partial charge in [0.05, 0.1) is 23.4 Å². The van der Waals surface area contributed by atoms with Crippen molar-refractivity contribution in [3.05, 3.63) is 48.4 Å². The Balaban J connectivity index is 1.42. The van der Waals surface area contributed by atoms with Gasteiger partial charge in [-0.1, -0.05) is 12.1 Å². The molecule has 8 heteroatoms. The molecule has 6 rings (SSSR count). The third-order valence-electron chi connectivity index (χ3n) is 7.45. The normalized spacial score (nSPS) is 16.4. The predicted octanol–water partition coefficient (Wildman–Crippen LogP) is 7.14. The first-order chi connectivity index (χ1) is 18.0. The molecule has 0 bridgehead atoms. The van der Waals surface area contributed by atoms with Gasteiger partial charge in [0, 0.05) is 30.1 Å². The number of hydrogen-bond acceptors (Lipinski definition) is 6. The van der Waals surface area contributed by atoms with E-state index in [2.05, 4.69) is 32.2 Å². The lowest BCUT2D eigenvalue weighted by molar-refractivity contribution is 0.108. The van der Waals surface area contributed by atoms with Crippen molar-refractivity contribution in [3.63, 3.8) is 0 Å². The van der Waals surface area contributed by atoms with Crippen LogP contribution in [0, 0.1) is 12.8 Å². The first-order valence-electron chi connectivity index (χ1n) is 13.2. The number of carbonyl (C=O) groups is 1. The van der Waals surface area contributed by atoms with Gasteiger partial charge in [-0.05, 0) is 81.7 Å². The Bertz CT molecular complexity index is 1430. The molecule has 0 spiro atoms. The van der Waals surface area contributed by atoms with Crippen molar-refractivity contribution in [3.8, 4) is 28.5 Å². The van der Waals surface area contributed by atoms with Gasteiger partial charge >= 0.3 is 6.09 Å². The first kappa shape index (κ1) is 23.6. The zero-order valence-electron chi connectivity index (χ0n) is 21.5. The summed E-state index contributed by atoms with van der Waals surface area (Å²) in [6, 6.07) is 14.4. The molecule has 2 aliphatic rings. The minimum atomic E-state index is -0.416. The van der Waals surface area contributed by atoms with Gasteiger partial charge in [-0.25, -0.2) is 4.79 Å². The Hall–Kier alpha value is -3.81. The Morgan fingerprint density at radius 1 is 1.14 bits per heavy atom. The van der Waals surface area contributed by atoms with Crippen molar-refractivity contribution >= 4 is 22.7 Å². The van der Waals surface area contributed by atoms with E-state index in [9.17, 15) is 4.79 Å². The van der Waals surface area contributed by atoms with E-state index in [0.29, 0.717) is 36.0 Å². The van der Waals surface area contributed by atoms with Crippen LogP contribution in [0.4, 0.5) is 10.5 Å². The van der Waals surface area contributed by atoms with E-state index in [1.54, 1.807) is 6.92 Å². The van der Waals surface area contributed by atoms with Crippen LogP contribution < -0.4 is 10.1 Å². The zero-order chi connectivity index (χ0) is 25.5. The maximum Gasteiger partial charge on any atom is 0.411 e. The summed E-state index contributed by atoms with van der Waals surface area (Å²) >= 11 is 0. The lowest BCUT2D eigenvalue weighted by atomic mass is 9.92. The molecule has 8 nitrogen and oxygen atoms in total. The number of amides is 1. The molecule has 0 radical (unpaired) electrons. The largest absolute Gasteiger partial charge is 0.494 e. The number of fused-ring (bicyclic) bond motifs is 1. The lowest BCUT2D eigenvalue weighted by Gasteiger charge is -2.30. The van der Waals surface area contributed by atoms with Crippen LogP contribution in [0.25, 0.3) is 33.6 Å². The highest BCUT2D eigenvalue weighted by Gasteiger charge is 2.31. The monoisotopic (exact) mass is 500 g/mol. The second-order valence-electron chi connectivity index (χ2n) is 10.1. The summed E-state index contributed by atoms with van der Waals surface area (Å²) in [5.74, 6) is 2.36. The summed E-state index contributed by atoms with van der Waals surface area (Å²) in [4.78, 5) is 12.4. The van der Waals surface area contributed by atoms with E-state index in [1.807, 2.05) is 44.2 Å². The third kappa shape index (κ3) is 4.56. The molecule has 37 heavy (non-hydrogen) atoms. The van der Waals surface area contributed by atoms with Crippen LogP contribution >= 0.6 is 0 Å². The average Bonchev–Trinajstić information content (AvgIpc) is 3.55. The second-order valence-corrected chi connectivity index (χ2v) is 10.1. The van der Waals surface area contributed by atoms with Crippen molar-refractivity contribution in [2.24, 2.45) is 5.92 Å². The first-order valence-corrected chi connectivity index (χ1v) is 13.2. The number of hydrogen-bond donors (Lipinski definition) is 1. The molecule has 1 atom stereocenters. The van der Waals surface area contributed by atoms with Crippen molar-refractivity contribution in [1.82, 2.24) is 14.8 Å². The van der Waals surface area contributed by atoms with Crippen LogP contribution in [0.2, 0.25) is 0 Å². The van der Waals surface area contributed by atoms with E-state index in [-0.39, 0.29) is 6.10 Å². The van der Waals surface area contributed by atoms with Gasteiger partial charge in [0.25, 0.3) is 5.89 Å². The molecule has 0 saturated heterocycles. The molecule has 0 aliphatic heterocycles. The molecule has 192 valence electrons. The molecule has 2 heterocycles. The number of ether oxygens (including phenoxy) is 2. The van der Waals surface area contributed by atoms with E-state index in [4.69, 9.17) is 13.9 Å². The minimum Gasteiger partial charge on any atom is -0.494 e. The molecule has 2 fully saturated rings. The standard InChI is InChI=1S/C29H32N4O4/c1-4-35-23-14-15-24-25(16-23)33(22-6-5-7-22)27(26(24)28-32-31-18(3)37-28)20-10-12-21(13-11-20)30-29(34)36-17(2)19-8-9-19/h10-17,19,22H,4-9H2,1-3H3,(H,30,34). The van der Waals surface area contributed by atoms with Crippen LogP contribution in [0.1, 0.15) is 57.9 Å². The van der Waals surface area contributed by atoms with Crippen molar-refractivity contribution in [1.29, 1.82) is 0 Å². The summed E-state index contributed by atoms with van der Waals surface area (Å²) in [5.41, 5.74) is 4.75. The summed E-state index contributed by atoms with van der Waals surface area (Å²) in [6.45, 7) is 6.36. The third-order valence-corrected chi connectivity index (χ3v) is 7.45. The lowest BCUT2D eigenvalue weighted by Crippen LogP contribution is -2.21. The second kappa shape index (κ2) is 9.57. The van der Waals surface area contributed by atoms with Gasteiger partial charge in [0.15, 0.2) is 0 Å². The van der Waals surface area contributed by atoms with Crippen LogP contribution in [0.5, 0.6) is 5.75 Å². The molecule has 1 N–H and O–H groups in total. The fourth-order valence-corrected chi connectivity index (χ4v) is 5.16. The van der Waals surface area contributed by atoms with Crippen molar-refractivity contribution < 1.29 is 18.7 Å². The molecule has 2 aromatic heterocycles. The predicted molar refractivity (Wildman–Crippen MR) is 142 cm³/mol. The number of aromatic nitrogens is 3. The van der Waals surface area contributed by atoms with Crippen LogP contribution in [-0.2, 0) is 4.74 Å². The highest BCUT2D eigenvalue weighted by atomic mass is 16.6. The number of nitrogens with zero attached hydrogens (tertiary/aromatic N) is 3. The van der Waals surface area contributed by atoms with Gasteiger partial charge < -0.3 is 18.5 Å². The molecular weight excluding hydrogens is 468 g/mol. The smallest absolute Gasteiger partial charge is 0.411 e. The molecule has 2 saturated carbocycles. The fraction of sp³-hybridized carbons (Fsp3) is 0.414. The number of anilines is 1. The summed E-state index contributed by atoms with van der Waals surface area (Å²) in [7, 11) is 0. The highest BCUT2D eigenvalue weighted by molar-refractivity contribution is 6.03. The Morgan fingerprint density at radius 3 is 2.54 bits per heavy atom. The molecule has 1 amide bonds. The Labute approximate surface area is 216 Å². The Kier molecular flexibility index (Phi) is 6.10. The van der Waals surface area contributed by atoms with Crippen LogP contribution in [0.3, 0.4) is 0 Å². The van der Waals surface area contributed by atoms with E-state index in [1.165, 1.54) is 6.42 Å². The molecule has 4 aromatic rings. The number of carbonyl (C=O) groups excluding carboxylic acids is 1. The van der Waals surface area contributed by atoms with E-state index in [0.717, 1.165) is 59.2 Å². The number of benzene rings is 2. The van der Waals surface area contributed by atoms with Crippen molar-refractivity contribution in [2.45, 2.75) is 65.0 Å². The van der Waals surface area contributed by atoms with Gasteiger partial charge in [0.1, 0.15) is 11.9 Å². The molecule has 2 aromatic carbocycles. The summed E-state index contributed by atoms with van der Waals surface area (Å²) in [5, 5.41) is 12.4. The average molecular weight is 501 g/mol. The van der Waals surface area contributed by atoms with E-state index >= 15 is 0 Å². The van der Waals surface area contributed by atoms with Gasteiger partial charge in [-0.15, -0.1) is 10.2 Å². The maximum absolute atomic E-state index is 12.4. The van der Waals surface area contributed by atoms with Gasteiger partial charge in [-0.3, -0.25) is 5.32 Å². The Morgan fingerprint density at radius 2 is 1.92 bits per heavy atom. The topological polar surface area (TPSA) is 91.4 Å². The number of nitrogens with one attached hydrogen (secondary N) is 1. The number of aryl methyl sites for hydroxylation is 1. The summed E-state index contributed by atoms with van der Waals surface area (Å²) in [6.07, 6.45) is 5.22. The quantitative estimate of drug-likeness (QED) is 0.276. The fourth-order valence-electron chi connectivity index (χ4n) is 5.16. The van der Waals surface area contributed by atoms with Crippen molar-refractivity contribution in [2.75, 3.05) is 11.9 Å². The molecule has 1 unspecified atom stereocenters.